The van der Waals surface area contributed by atoms with Gasteiger partial charge in [0.1, 0.15) is 11.6 Å². The number of benzene rings is 2. The summed E-state index contributed by atoms with van der Waals surface area (Å²) in [5, 5.41) is 13.3. The number of hydrogen-bond acceptors (Lipinski definition) is 3. The van der Waals surface area contributed by atoms with Crippen LogP contribution in [-0.4, -0.2) is 21.2 Å². The maximum absolute atomic E-state index is 13.7. The summed E-state index contributed by atoms with van der Waals surface area (Å²) in [4.78, 5) is 4.36. The Morgan fingerprint density at radius 1 is 1.12 bits per heavy atom. The van der Waals surface area contributed by atoms with E-state index in [-0.39, 0.29) is 6.54 Å². The number of aromatic nitrogens is 2. The predicted molar refractivity (Wildman–Crippen MR) is 91.4 cm³/mol. The first-order valence-electron chi connectivity index (χ1n) is 7.88. The van der Waals surface area contributed by atoms with E-state index in [2.05, 4.69) is 14.9 Å². The highest BCUT2D eigenvalue weighted by Gasteiger charge is 2.13. The fourth-order valence-corrected chi connectivity index (χ4v) is 2.74. The fourth-order valence-electron chi connectivity index (χ4n) is 2.74. The molecule has 1 heterocycles. The molecule has 0 aliphatic rings. The topological polar surface area (TPSA) is 50.1 Å². The molecule has 0 aliphatic heterocycles. The number of para-hydroxylation sites is 1. The van der Waals surface area contributed by atoms with Crippen LogP contribution in [0.2, 0.25) is 0 Å². The maximum atomic E-state index is 13.7. The van der Waals surface area contributed by atoms with E-state index in [0.717, 1.165) is 17.2 Å². The number of hydrogen-bond donors (Lipinski definition) is 2. The number of aliphatic hydroxyl groups excluding tert-OH is 1. The predicted octanol–water partition coefficient (Wildman–Crippen LogP) is 3.14. The Kier molecular flexibility index (Phi) is 5.03. The second kappa shape index (κ2) is 7.38. The molecule has 2 aromatic carbocycles. The average molecular weight is 325 g/mol. The number of aryl methyl sites for hydroxylation is 1. The van der Waals surface area contributed by atoms with Gasteiger partial charge in [-0.2, -0.15) is 0 Å². The monoisotopic (exact) mass is 325 g/mol. The van der Waals surface area contributed by atoms with Crippen molar-refractivity contribution in [2.24, 2.45) is 0 Å². The van der Waals surface area contributed by atoms with Gasteiger partial charge in [0.05, 0.1) is 18.0 Å². The quantitative estimate of drug-likeness (QED) is 0.732. The summed E-state index contributed by atoms with van der Waals surface area (Å²) in [6.07, 6.45) is 0.922. The zero-order chi connectivity index (χ0) is 16.9. The normalized spacial score (nSPS) is 12.3. The van der Waals surface area contributed by atoms with Crippen LogP contribution in [-0.2, 0) is 6.54 Å². The Bertz CT molecular complexity index is 801. The van der Waals surface area contributed by atoms with Gasteiger partial charge in [-0.25, -0.2) is 9.37 Å². The molecule has 0 saturated carbocycles. The van der Waals surface area contributed by atoms with Gasteiger partial charge in [-0.3, -0.25) is 4.57 Å². The van der Waals surface area contributed by atoms with E-state index in [1.54, 1.807) is 18.2 Å². The van der Waals surface area contributed by atoms with Crippen LogP contribution in [0.25, 0.3) is 5.69 Å². The first kappa shape index (κ1) is 16.4. The van der Waals surface area contributed by atoms with E-state index in [0.29, 0.717) is 12.1 Å². The van der Waals surface area contributed by atoms with Crippen molar-refractivity contribution in [2.45, 2.75) is 19.6 Å². The zero-order valence-corrected chi connectivity index (χ0v) is 13.5. The van der Waals surface area contributed by atoms with Crippen LogP contribution in [0, 0.1) is 12.7 Å². The minimum Gasteiger partial charge on any atom is -0.387 e. The molecular weight excluding hydrogens is 305 g/mol. The third kappa shape index (κ3) is 3.53. The SMILES string of the molecule is Cc1ncc(CNCC(O)c2ccccc2F)n1-c1ccccc1. The van der Waals surface area contributed by atoms with E-state index in [1.165, 1.54) is 6.07 Å². The Balaban J connectivity index is 1.67. The summed E-state index contributed by atoms with van der Waals surface area (Å²) < 4.78 is 15.7. The summed E-state index contributed by atoms with van der Waals surface area (Å²) in [5.74, 6) is 0.504. The molecule has 3 aromatic rings. The number of halogens is 1. The Morgan fingerprint density at radius 2 is 1.83 bits per heavy atom. The molecule has 5 heteroatoms. The second-order valence-electron chi connectivity index (χ2n) is 5.64. The molecule has 0 fully saturated rings. The van der Waals surface area contributed by atoms with E-state index in [9.17, 15) is 9.50 Å². The molecule has 1 atom stereocenters. The summed E-state index contributed by atoms with van der Waals surface area (Å²) >= 11 is 0. The summed E-state index contributed by atoms with van der Waals surface area (Å²) in [5.41, 5.74) is 2.33. The van der Waals surface area contributed by atoms with Gasteiger partial charge >= 0.3 is 0 Å². The van der Waals surface area contributed by atoms with Gasteiger partial charge in [-0.15, -0.1) is 0 Å². The first-order valence-corrected chi connectivity index (χ1v) is 7.88. The van der Waals surface area contributed by atoms with Crippen molar-refractivity contribution < 1.29 is 9.50 Å². The lowest BCUT2D eigenvalue weighted by Gasteiger charge is -2.14. The minimum atomic E-state index is -0.889. The number of nitrogens with zero attached hydrogens (tertiary/aromatic N) is 2. The van der Waals surface area contributed by atoms with Gasteiger partial charge in [-0.1, -0.05) is 36.4 Å². The molecule has 0 bridgehead atoms. The van der Waals surface area contributed by atoms with Gasteiger partial charge in [0.25, 0.3) is 0 Å². The van der Waals surface area contributed by atoms with Crippen LogP contribution < -0.4 is 5.32 Å². The molecule has 0 amide bonds. The van der Waals surface area contributed by atoms with E-state index in [1.807, 2.05) is 43.5 Å². The summed E-state index contributed by atoms with van der Waals surface area (Å²) in [6, 6.07) is 16.3. The number of imidazole rings is 1. The van der Waals surface area contributed by atoms with Gasteiger partial charge in [0.15, 0.2) is 0 Å². The van der Waals surface area contributed by atoms with Crippen molar-refractivity contribution in [3.05, 3.63) is 83.7 Å². The molecule has 4 nitrogen and oxygen atoms in total. The third-order valence-electron chi connectivity index (χ3n) is 3.93. The van der Waals surface area contributed by atoms with Crippen LogP contribution in [0.4, 0.5) is 4.39 Å². The van der Waals surface area contributed by atoms with Gasteiger partial charge < -0.3 is 10.4 Å². The zero-order valence-electron chi connectivity index (χ0n) is 13.5. The molecule has 0 aliphatic carbocycles. The van der Waals surface area contributed by atoms with Gasteiger partial charge in [0.2, 0.25) is 0 Å². The van der Waals surface area contributed by atoms with E-state index >= 15 is 0 Å². The second-order valence-corrected chi connectivity index (χ2v) is 5.64. The van der Waals surface area contributed by atoms with Crippen LogP contribution in [0.1, 0.15) is 23.2 Å². The van der Waals surface area contributed by atoms with Gasteiger partial charge in [-0.05, 0) is 25.1 Å². The Hall–Kier alpha value is -2.50. The highest BCUT2D eigenvalue weighted by atomic mass is 19.1. The van der Waals surface area contributed by atoms with Gasteiger partial charge in [0, 0.05) is 24.3 Å². The standard InChI is InChI=1S/C19H20FN3O/c1-14-22-12-16(23(14)15-7-3-2-4-8-15)11-21-13-19(24)17-9-5-6-10-18(17)20/h2-10,12,19,21,24H,11,13H2,1H3. The molecule has 124 valence electrons. The van der Waals surface area contributed by atoms with Crippen molar-refractivity contribution >= 4 is 0 Å². The number of rotatable bonds is 6. The first-order chi connectivity index (χ1) is 11.7. The molecule has 1 aromatic heterocycles. The van der Waals surface area contributed by atoms with Crippen LogP contribution in [0.3, 0.4) is 0 Å². The Labute approximate surface area is 140 Å². The average Bonchev–Trinajstić information content (AvgIpc) is 2.96. The molecule has 1 unspecified atom stereocenters. The number of aliphatic hydroxyl groups is 1. The smallest absolute Gasteiger partial charge is 0.129 e. The fraction of sp³-hybridized carbons (Fsp3) is 0.211. The maximum Gasteiger partial charge on any atom is 0.129 e. The highest BCUT2D eigenvalue weighted by molar-refractivity contribution is 5.35. The van der Waals surface area contributed by atoms with E-state index in [4.69, 9.17) is 0 Å². The summed E-state index contributed by atoms with van der Waals surface area (Å²) in [7, 11) is 0. The highest BCUT2D eigenvalue weighted by Crippen LogP contribution is 2.17. The minimum absolute atomic E-state index is 0.264. The lowest BCUT2D eigenvalue weighted by Crippen LogP contribution is -2.23. The van der Waals surface area contributed by atoms with Crippen LogP contribution in [0.5, 0.6) is 0 Å². The molecule has 0 spiro atoms. The molecule has 2 N–H and O–H groups in total. The van der Waals surface area contributed by atoms with Crippen molar-refractivity contribution in [2.75, 3.05) is 6.54 Å². The Morgan fingerprint density at radius 3 is 2.58 bits per heavy atom. The van der Waals surface area contributed by atoms with Crippen molar-refractivity contribution in [3.63, 3.8) is 0 Å². The largest absolute Gasteiger partial charge is 0.387 e. The molecular formula is C19H20FN3O. The molecule has 0 saturated heterocycles. The number of nitrogens with one attached hydrogen (secondary N) is 1. The lowest BCUT2D eigenvalue weighted by atomic mass is 10.1. The summed E-state index contributed by atoms with van der Waals surface area (Å²) in [6.45, 7) is 2.74. The van der Waals surface area contributed by atoms with E-state index < -0.39 is 11.9 Å². The molecule has 0 radical (unpaired) electrons. The van der Waals surface area contributed by atoms with Crippen LogP contribution >= 0.6 is 0 Å². The third-order valence-corrected chi connectivity index (χ3v) is 3.93. The van der Waals surface area contributed by atoms with Crippen molar-refractivity contribution in [1.82, 2.24) is 14.9 Å². The molecule has 3 rings (SSSR count). The van der Waals surface area contributed by atoms with Crippen molar-refractivity contribution in [3.8, 4) is 5.69 Å². The van der Waals surface area contributed by atoms with Crippen molar-refractivity contribution in [1.29, 1.82) is 0 Å². The lowest BCUT2D eigenvalue weighted by molar-refractivity contribution is 0.169. The molecule has 24 heavy (non-hydrogen) atoms. The van der Waals surface area contributed by atoms with Crippen LogP contribution in [0.15, 0.2) is 60.8 Å².